The van der Waals surface area contributed by atoms with Gasteiger partial charge in [-0.25, -0.2) is 0 Å². The molecule has 1 saturated carbocycles. The number of methoxy groups -OCH3 is 1. The van der Waals surface area contributed by atoms with Crippen molar-refractivity contribution in [3.05, 3.63) is 95.6 Å². The van der Waals surface area contributed by atoms with Crippen molar-refractivity contribution >= 4 is 17.6 Å². The van der Waals surface area contributed by atoms with Crippen LogP contribution in [0.1, 0.15) is 79.9 Å². The molecular weight excluding hydrogens is 516 g/mol. The minimum absolute atomic E-state index is 0.0922. The lowest BCUT2D eigenvalue weighted by Gasteiger charge is -2.44. The summed E-state index contributed by atoms with van der Waals surface area (Å²) in [5.41, 5.74) is 5.47. The number of amides is 1. The zero-order chi connectivity index (χ0) is 29.2. The fraction of sp³-hybridized carbons (Fsp3) is 0.412. The number of hydroxylamine groups is 1. The summed E-state index contributed by atoms with van der Waals surface area (Å²) < 4.78 is 11.7. The smallest absolute Gasteiger partial charge is 0.310 e. The third kappa shape index (κ3) is 6.02. The molecule has 0 radical (unpaired) electrons. The van der Waals surface area contributed by atoms with Crippen molar-refractivity contribution < 1.29 is 23.9 Å². The number of hydrogen-bond donors (Lipinski definition) is 1. The summed E-state index contributed by atoms with van der Waals surface area (Å²) in [6.07, 6.45) is 3.05. The van der Waals surface area contributed by atoms with E-state index in [2.05, 4.69) is 17.6 Å². The number of carbonyl (C=O) groups excluding carboxylic acids is 2. The van der Waals surface area contributed by atoms with Crippen molar-refractivity contribution in [2.24, 2.45) is 5.92 Å². The van der Waals surface area contributed by atoms with E-state index in [4.69, 9.17) is 14.3 Å². The number of rotatable bonds is 6. The molecule has 4 atom stereocenters. The second-order valence-corrected chi connectivity index (χ2v) is 12.1. The second-order valence-electron chi connectivity index (χ2n) is 12.1. The standard InChI is InChI=1S/C34H40N2O5/c1-33(2,3)40-32(38)26-17-12-20-34(30(26)23-13-8-6-9-14-23)22-28(35-41-34)27-21-25(18-19-29(27)39-5)36(4)31(37)24-15-10-7-11-16-24/h6-11,13-16,18-19,21,26,28,30,35H,12,17,20,22H2,1-5H3/t26?,28-,30+,34+/m0/s1. The fourth-order valence-corrected chi connectivity index (χ4v) is 6.37. The quantitative estimate of drug-likeness (QED) is 0.345. The normalized spacial score (nSPS) is 24.2. The average molecular weight is 557 g/mol. The lowest BCUT2D eigenvalue weighted by Crippen LogP contribution is -2.47. The molecule has 41 heavy (non-hydrogen) atoms. The van der Waals surface area contributed by atoms with E-state index in [1.54, 1.807) is 19.1 Å². The van der Waals surface area contributed by atoms with E-state index in [1.165, 1.54) is 0 Å². The van der Waals surface area contributed by atoms with Crippen LogP contribution in [0.2, 0.25) is 0 Å². The molecule has 216 valence electrons. The van der Waals surface area contributed by atoms with E-state index in [1.807, 2.05) is 87.5 Å². The molecular formula is C34H40N2O5. The largest absolute Gasteiger partial charge is 0.496 e. The van der Waals surface area contributed by atoms with E-state index in [0.717, 1.165) is 36.1 Å². The molecule has 3 aromatic carbocycles. The molecule has 5 rings (SSSR count). The molecule has 3 aromatic rings. The van der Waals surface area contributed by atoms with Crippen LogP contribution < -0.4 is 15.1 Å². The van der Waals surface area contributed by atoms with Gasteiger partial charge in [0.25, 0.3) is 5.91 Å². The second kappa shape index (κ2) is 11.7. The number of nitrogens with zero attached hydrogens (tertiary/aromatic N) is 1. The fourth-order valence-electron chi connectivity index (χ4n) is 6.37. The lowest BCUT2D eigenvalue weighted by molar-refractivity contribution is -0.170. The molecule has 1 N–H and O–H groups in total. The summed E-state index contributed by atoms with van der Waals surface area (Å²) in [5, 5.41) is 0. The molecule has 1 saturated heterocycles. The van der Waals surface area contributed by atoms with Gasteiger partial charge in [-0.1, -0.05) is 48.5 Å². The highest BCUT2D eigenvalue weighted by atomic mass is 16.7. The van der Waals surface area contributed by atoms with Crippen LogP contribution in [-0.4, -0.2) is 37.2 Å². The van der Waals surface area contributed by atoms with Gasteiger partial charge in [0.2, 0.25) is 0 Å². The van der Waals surface area contributed by atoms with Crippen molar-refractivity contribution in [2.75, 3.05) is 19.1 Å². The molecule has 1 unspecified atom stereocenters. The molecule has 1 aliphatic heterocycles. The first kappa shape index (κ1) is 28.8. The van der Waals surface area contributed by atoms with Gasteiger partial charge in [-0.2, -0.15) is 5.48 Å². The number of nitrogens with one attached hydrogen (secondary N) is 1. The Balaban J connectivity index is 1.47. The maximum Gasteiger partial charge on any atom is 0.310 e. The molecule has 0 bridgehead atoms. The minimum Gasteiger partial charge on any atom is -0.496 e. The Morgan fingerprint density at radius 1 is 1.00 bits per heavy atom. The van der Waals surface area contributed by atoms with Gasteiger partial charge in [-0.3, -0.25) is 14.4 Å². The first-order valence-corrected chi connectivity index (χ1v) is 14.3. The van der Waals surface area contributed by atoms with Crippen molar-refractivity contribution in [2.45, 2.75) is 69.6 Å². The van der Waals surface area contributed by atoms with Crippen molar-refractivity contribution in [3.63, 3.8) is 0 Å². The number of anilines is 1. The number of esters is 1. The minimum atomic E-state index is -0.612. The van der Waals surface area contributed by atoms with Gasteiger partial charge in [-0.05, 0) is 75.9 Å². The van der Waals surface area contributed by atoms with E-state index in [0.29, 0.717) is 17.7 Å². The van der Waals surface area contributed by atoms with Crippen molar-refractivity contribution in [1.82, 2.24) is 5.48 Å². The highest BCUT2D eigenvalue weighted by Gasteiger charge is 2.55. The van der Waals surface area contributed by atoms with Crippen LogP contribution in [0.25, 0.3) is 0 Å². The Kier molecular flexibility index (Phi) is 8.20. The monoisotopic (exact) mass is 556 g/mol. The van der Waals surface area contributed by atoms with Crippen molar-refractivity contribution in [1.29, 1.82) is 0 Å². The zero-order valence-electron chi connectivity index (χ0n) is 24.6. The van der Waals surface area contributed by atoms with E-state index >= 15 is 0 Å². The Hall–Kier alpha value is -3.68. The Bertz CT molecular complexity index is 1370. The summed E-state index contributed by atoms with van der Waals surface area (Å²) >= 11 is 0. The molecule has 1 amide bonds. The molecule has 2 aliphatic rings. The van der Waals surface area contributed by atoms with Crippen LogP contribution in [0.3, 0.4) is 0 Å². The Labute approximate surface area is 242 Å². The highest BCUT2D eigenvalue weighted by molar-refractivity contribution is 6.05. The van der Waals surface area contributed by atoms with E-state index < -0.39 is 11.2 Å². The topological polar surface area (TPSA) is 77.1 Å². The van der Waals surface area contributed by atoms with Crippen LogP contribution in [0.5, 0.6) is 5.75 Å². The molecule has 1 heterocycles. The summed E-state index contributed by atoms with van der Waals surface area (Å²) in [6.45, 7) is 5.72. The lowest BCUT2D eigenvalue weighted by atomic mass is 9.64. The van der Waals surface area contributed by atoms with Crippen LogP contribution in [-0.2, 0) is 14.4 Å². The van der Waals surface area contributed by atoms with Gasteiger partial charge in [0, 0.05) is 36.2 Å². The summed E-state index contributed by atoms with van der Waals surface area (Å²) in [6, 6.07) is 25.0. The maximum atomic E-state index is 13.5. The molecule has 2 fully saturated rings. The molecule has 1 aliphatic carbocycles. The van der Waals surface area contributed by atoms with Crippen LogP contribution >= 0.6 is 0 Å². The number of hydrogen-bond acceptors (Lipinski definition) is 6. The average Bonchev–Trinajstić information content (AvgIpc) is 3.39. The third-order valence-electron chi connectivity index (χ3n) is 8.21. The molecule has 7 nitrogen and oxygen atoms in total. The number of carbonyl (C=O) groups is 2. The van der Waals surface area contributed by atoms with Crippen LogP contribution in [0, 0.1) is 5.92 Å². The first-order chi connectivity index (χ1) is 19.6. The van der Waals surface area contributed by atoms with Crippen LogP contribution in [0.4, 0.5) is 5.69 Å². The van der Waals surface area contributed by atoms with Gasteiger partial charge in [0.05, 0.1) is 24.7 Å². The van der Waals surface area contributed by atoms with Gasteiger partial charge >= 0.3 is 5.97 Å². The highest BCUT2D eigenvalue weighted by Crippen LogP contribution is 2.54. The SMILES string of the molecule is COc1ccc(N(C)C(=O)c2ccccc2)cc1[C@@H]1C[C@@]2(CCCC(C(=O)OC(C)(C)C)[C@H]2c2ccccc2)ON1. The first-order valence-electron chi connectivity index (χ1n) is 14.3. The van der Waals surface area contributed by atoms with E-state index in [-0.39, 0.29) is 29.8 Å². The number of ether oxygens (including phenoxy) is 2. The summed E-state index contributed by atoms with van der Waals surface area (Å²) in [4.78, 5) is 34.9. The van der Waals surface area contributed by atoms with Crippen molar-refractivity contribution in [3.8, 4) is 5.75 Å². The Morgan fingerprint density at radius 3 is 2.34 bits per heavy atom. The van der Waals surface area contributed by atoms with Gasteiger partial charge in [0.1, 0.15) is 11.4 Å². The summed E-state index contributed by atoms with van der Waals surface area (Å²) in [5.74, 6) is -0.0677. The molecule has 0 aromatic heterocycles. The third-order valence-corrected chi connectivity index (χ3v) is 8.21. The van der Waals surface area contributed by atoms with E-state index in [9.17, 15) is 9.59 Å². The Morgan fingerprint density at radius 2 is 1.68 bits per heavy atom. The molecule has 1 spiro atoms. The molecule has 7 heteroatoms. The maximum absolute atomic E-state index is 13.5. The number of benzene rings is 3. The predicted molar refractivity (Wildman–Crippen MR) is 159 cm³/mol. The van der Waals surface area contributed by atoms with Gasteiger partial charge < -0.3 is 14.4 Å². The van der Waals surface area contributed by atoms with Gasteiger partial charge in [-0.15, -0.1) is 0 Å². The van der Waals surface area contributed by atoms with Gasteiger partial charge in [0.15, 0.2) is 0 Å². The zero-order valence-corrected chi connectivity index (χ0v) is 24.6. The van der Waals surface area contributed by atoms with Crippen LogP contribution in [0.15, 0.2) is 78.9 Å². The summed E-state index contributed by atoms with van der Waals surface area (Å²) in [7, 11) is 3.42. The predicted octanol–water partition coefficient (Wildman–Crippen LogP) is 6.60.